The van der Waals surface area contributed by atoms with Crippen molar-refractivity contribution < 1.29 is 9.90 Å². The Morgan fingerprint density at radius 3 is 3.00 bits per heavy atom. The van der Waals surface area contributed by atoms with Crippen molar-refractivity contribution in [1.29, 1.82) is 0 Å². The van der Waals surface area contributed by atoms with Crippen LogP contribution in [0.2, 0.25) is 0 Å². The molecule has 0 spiro atoms. The molecule has 1 aliphatic rings. The van der Waals surface area contributed by atoms with E-state index in [1.165, 1.54) is 0 Å². The maximum Gasteiger partial charge on any atom is 0.340 e. The Balaban J connectivity index is 2.46. The van der Waals surface area contributed by atoms with Gasteiger partial charge in [-0.25, -0.2) is 4.79 Å². The first-order valence-electron chi connectivity index (χ1n) is 4.87. The maximum absolute atomic E-state index is 11.2. The fourth-order valence-corrected chi connectivity index (χ4v) is 2.22. The Hall–Kier alpha value is -1.97. The summed E-state index contributed by atoms with van der Waals surface area (Å²) in [6.45, 7) is 1.64. The van der Waals surface area contributed by atoms with Gasteiger partial charge in [0.05, 0.1) is 5.52 Å². The highest BCUT2D eigenvalue weighted by atomic mass is 16.4. The molecule has 2 N–H and O–H groups in total. The van der Waals surface area contributed by atoms with E-state index in [0.717, 1.165) is 29.8 Å². The summed E-state index contributed by atoms with van der Waals surface area (Å²) in [5.74, 6) is -0.127. The van der Waals surface area contributed by atoms with E-state index in [-0.39, 0.29) is 0 Å². The third-order valence-electron chi connectivity index (χ3n) is 2.81. The summed E-state index contributed by atoms with van der Waals surface area (Å²) in [4.78, 5) is 11.2. The summed E-state index contributed by atoms with van der Waals surface area (Å²) in [6.07, 6.45) is 0. The van der Waals surface area contributed by atoms with Crippen LogP contribution in [0.3, 0.4) is 0 Å². The van der Waals surface area contributed by atoms with Crippen LogP contribution < -0.4 is 5.32 Å². The van der Waals surface area contributed by atoms with Crippen LogP contribution in [0.1, 0.15) is 10.4 Å². The summed E-state index contributed by atoms with van der Waals surface area (Å²) in [7, 11) is 0. The van der Waals surface area contributed by atoms with Gasteiger partial charge < -0.3 is 15.0 Å². The van der Waals surface area contributed by atoms with Gasteiger partial charge in [0.25, 0.3) is 0 Å². The van der Waals surface area contributed by atoms with Gasteiger partial charge in [-0.05, 0) is 6.07 Å². The third kappa shape index (κ3) is 0.986. The Labute approximate surface area is 86.1 Å². The molecule has 0 fully saturated rings. The maximum atomic E-state index is 11.2. The van der Waals surface area contributed by atoms with Gasteiger partial charge in [-0.2, -0.15) is 0 Å². The van der Waals surface area contributed by atoms with Crippen molar-refractivity contribution >= 4 is 22.7 Å². The number of fused-ring (bicyclic) bond motifs is 3. The molecule has 0 saturated carbocycles. The number of para-hydroxylation sites is 1. The van der Waals surface area contributed by atoms with E-state index >= 15 is 0 Å². The van der Waals surface area contributed by atoms with Gasteiger partial charge in [-0.3, -0.25) is 0 Å². The summed E-state index contributed by atoms with van der Waals surface area (Å²) < 4.78 is 2.03. The zero-order valence-electron chi connectivity index (χ0n) is 8.03. The van der Waals surface area contributed by atoms with E-state index in [2.05, 4.69) is 5.32 Å². The van der Waals surface area contributed by atoms with Gasteiger partial charge in [-0.1, -0.05) is 18.2 Å². The SMILES string of the molecule is O=C(O)c1c2n(c3ccccc13)CCN2. The molecular formula is C11H10N2O2. The number of nitrogens with one attached hydrogen (secondary N) is 1. The van der Waals surface area contributed by atoms with Crippen LogP contribution in [0, 0.1) is 0 Å². The molecule has 2 heterocycles. The molecule has 1 aliphatic heterocycles. The van der Waals surface area contributed by atoms with Crippen LogP contribution in [0.25, 0.3) is 10.9 Å². The molecular weight excluding hydrogens is 192 g/mol. The van der Waals surface area contributed by atoms with Crippen LogP contribution >= 0.6 is 0 Å². The molecule has 3 rings (SSSR count). The van der Waals surface area contributed by atoms with E-state index in [4.69, 9.17) is 0 Å². The topological polar surface area (TPSA) is 54.3 Å². The lowest BCUT2D eigenvalue weighted by molar-refractivity contribution is 0.0700. The molecule has 15 heavy (non-hydrogen) atoms. The lowest BCUT2D eigenvalue weighted by atomic mass is 10.1. The minimum Gasteiger partial charge on any atom is -0.478 e. The average molecular weight is 202 g/mol. The summed E-state index contributed by atoms with van der Waals surface area (Å²) in [5, 5.41) is 13.1. The number of anilines is 1. The molecule has 0 saturated heterocycles. The van der Waals surface area contributed by atoms with Crippen LogP contribution in [0.4, 0.5) is 5.82 Å². The van der Waals surface area contributed by atoms with Crippen LogP contribution in [-0.4, -0.2) is 22.2 Å². The van der Waals surface area contributed by atoms with E-state index in [0.29, 0.717) is 5.56 Å². The molecule has 0 radical (unpaired) electrons. The highest BCUT2D eigenvalue weighted by Crippen LogP contribution is 2.32. The van der Waals surface area contributed by atoms with Crippen molar-refractivity contribution in [3.63, 3.8) is 0 Å². The number of carbonyl (C=O) groups is 1. The van der Waals surface area contributed by atoms with Crippen LogP contribution in [0.15, 0.2) is 24.3 Å². The lowest BCUT2D eigenvalue weighted by Crippen LogP contribution is -2.01. The lowest BCUT2D eigenvalue weighted by Gasteiger charge is -1.96. The average Bonchev–Trinajstić information content (AvgIpc) is 2.75. The van der Waals surface area contributed by atoms with Crippen molar-refractivity contribution in [3.8, 4) is 0 Å². The number of aromatic carboxylic acids is 1. The Kier molecular flexibility index (Phi) is 1.54. The second-order valence-corrected chi connectivity index (χ2v) is 3.62. The van der Waals surface area contributed by atoms with Gasteiger partial charge in [0.1, 0.15) is 11.4 Å². The molecule has 0 bridgehead atoms. The largest absolute Gasteiger partial charge is 0.478 e. The first-order valence-corrected chi connectivity index (χ1v) is 4.87. The molecule has 0 unspecified atom stereocenters. The van der Waals surface area contributed by atoms with Gasteiger partial charge >= 0.3 is 5.97 Å². The Morgan fingerprint density at radius 2 is 2.20 bits per heavy atom. The fourth-order valence-electron chi connectivity index (χ4n) is 2.22. The summed E-state index contributed by atoms with van der Waals surface area (Å²) >= 11 is 0. The molecule has 0 amide bonds. The summed E-state index contributed by atoms with van der Waals surface area (Å²) in [6, 6.07) is 7.61. The minimum absolute atomic E-state index is 0.392. The monoisotopic (exact) mass is 202 g/mol. The molecule has 4 heteroatoms. The third-order valence-corrected chi connectivity index (χ3v) is 2.81. The second-order valence-electron chi connectivity index (χ2n) is 3.62. The van der Waals surface area contributed by atoms with Crippen molar-refractivity contribution in [2.45, 2.75) is 6.54 Å². The number of nitrogens with zero attached hydrogens (tertiary/aromatic N) is 1. The first-order chi connectivity index (χ1) is 7.29. The van der Waals surface area contributed by atoms with Crippen molar-refractivity contribution in [3.05, 3.63) is 29.8 Å². The highest BCUT2D eigenvalue weighted by Gasteiger charge is 2.24. The predicted molar refractivity (Wildman–Crippen MR) is 57.4 cm³/mol. The standard InChI is InChI=1S/C11H10N2O2/c14-11(15)9-7-3-1-2-4-8(7)13-6-5-12-10(9)13/h1-4,12H,5-6H2,(H,14,15). The zero-order valence-corrected chi connectivity index (χ0v) is 8.03. The van der Waals surface area contributed by atoms with Crippen molar-refractivity contribution in [2.24, 2.45) is 0 Å². The van der Waals surface area contributed by atoms with Gasteiger partial charge in [0.15, 0.2) is 0 Å². The van der Waals surface area contributed by atoms with Crippen LogP contribution in [0.5, 0.6) is 0 Å². The van der Waals surface area contributed by atoms with Crippen molar-refractivity contribution in [2.75, 3.05) is 11.9 Å². The molecule has 1 aromatic carbocycles. The molecule has 1 aromatic heterocycles. The van der Waals surface area contributed by atoms with E-state index in [9.17, 15) is 9.90 Å². The highest BCUT2D eigenvalue weighted by molar-refractivity contribution is 6.09. The number of carboxylic acids is 1. The molecule has 0 aliphatic carbocycles. The number of rotatable bonds is 1. The number of hydrogen-bond acceptors (Lipinski definition) is 2. The molecule has 76 valence electrons. The van der Waals surface area contributed by atoms with E-state index in [1.807, 2.05) is 28.8 Å². The molecule has 2 aromatic rings. The first kappa shape index (κ1) is 8.35. The van der Waals surface area contributed by atoms with E-state index < -0.39 is 5.97 Å². The van der Waals surface area contributed by atoms with Crippen molar-refractivity contribution in [1.82, 2.24) is 4.57 Å². The number of carboxylic acid groups (broad SMARTS) is 1. The second kappa shape index (κ2) is 2.76. The smallest absolute Gasteiger partial charge is 0.340 e. The molecule has 0 atom stereocenters. The van der Waals surface area contributed by atoms with Gasteiger partial charge in [-0.15, -0.1) is 0 Å². The fraction of sp³-hybridized carbons (Fsp3) is 0.182. The summed E-state index contributed by atoms with van der Waals surface area (Å²) in [5.41, 5.74) is 1.39. The van der Waals surface area contributed by atoms with E-state index in [1.54, 1.807) is 0 Å². The number of benzene rings is 1. The predicted octanol–water partition coefficient (Wildman–Crippen LogP) is 1.76. The minimum atomic E-state index is -0.866. The molecule has 4 nitrogen and oxygen atoms in total. The normalized spacial score (nSPS) is 13.9. The van der Waals surface area contributed by atoms with Gasteiger partial charge in [0.2, 0.25) is 0 Å². The zero-order chi connectivity index (χ0) is 10.4. The number of aromatic nitrogens is 1. The Morgan fingerprint density at radius 1 is 1.40 bits per heavy atom. The quantitative estimate of drug-likeness (QED) is 0.740. The Bertz CT molecular complexity index is 557. The van der Waals surface area contributed by atoms with Crippen LogP contribution in [-0.2, 0) is 6.54 Å². The van der Waals surface area contributed by atoms with Gasteiger partial charge in [0, 0.05) is 18.5 Å². The number of hydrogen-bond donors (Lipinski definition) is 2.